The van der Waals surface area contributed by atoms with Gasteiger partial charge in [-0.3, -0.25) is 0 Å². The second kappa shape index (κ2) is 5.10. The minimum Gasteiger partial charge on any atom is -0.447 e. The molecule has 1 rings (SSSR count). The van der Waals surface area contributed by atoms with Crippen LogP contribution in [0, 0.1) is 5.92 Å². The van der Waals surface area contributed by atoms with E-state index in [1.165, 1.54) is 19.3 Å². The predicted molar refractivity (Wildman–Crippen MR) is 51.6 cm³/mol. The third-order valence-corrected chi connectivity index (χ3v) is 2.63. The Balaban J connectivity index is 2.25. The number of cyclic esters (lactones) is 1. The van der Waals surface area contributed by atoms with E-state index in [4.69, 9.17) is 4.74 Å². The molecule has 0 spiro atoms. The first kappa shape index (κ1) is 10.4. The summed E-state index contributed by atoms with van der Waals surface area (Å²) in [5.74, 6) is 0.733. The normalized spacial score (nSPS) is 23.8. The second-order valence-corrected chi connectivity index (χ2v) is 3.74. The molecule has 2 unspecified atom stereocenters. The van der Waals surface area contributed by atoms with Crippen LogP contribution in [-0.4, -0.2) is 18.7 Å². The van der Waals surface area contributed by atoms with Gasteiger partial charge in [-0.2, -0.15) is 0 Å². The number of carbonyl (C=O) groups is 1. The fourth-order valence-corrected chi connectivity index (χ4v) is 1.85. The minimum absolute atomic E-state index is 0.253. The van der Waals surface area contributed by atoms with Gasteiger partial charge in [-0.15, -0.1) is 0 Å². The zero-order chi connectivity index (χ0) is 9.68. The van der Waals surface area contributed by atoms with Gasteiger partial charge in [-0.1, -0.05) is 33.1 Å². The van der Waals surface area contributed by atoms with Gasteiger partial charge < -0.3 is 10.1 Å². The van der Waals surface area contributed by atoms with Crippen LogP contribution >= 0.6 is 0 Å². The van der Waals surface area contributed by atoms with Crippen molar-refractivity contribution >= 4 is 6.09 Å². The summed E-state index contributed by atoms with van der Waals surface area (Å²) in [5, 5.41) is 2.82. The molecule has 1 aliphatic rings. The first-order valence-electron chi connectivity index (χ1n) is 5.19. The van der Waals surface area contributed by atoms with Crippen molar-refractivity contribution < 1.29 is 9.53 Å². The largest absolute Gasteiger partial charge is 0.447 e. The Morgan fingerprint density at radius 1 is 1.62 bits per heavy atom. The molecule has 0 aliphatic carbocycles. The maximum absolute atomic E-state index is 10.7. The molecule has 3 heteroatoms. The van der Waals surface area contributed by atoms with E-state index in [9.17, 15) is 4.79 Å². The van der Waals surface area contributed by atoms with Crippen LogP contribution in [0.25, 0.3) is 0 Å². The Morgan fingerprint density at radius 3 is 2.85 bits per heavy atom. The molecule has 0 radical (unpaired) electrons. The number of hydrogen-bond donors (Lipinski definition) is 1. The topological polar surface area (TPSA) is 38.3 Å². The summed E-state index contributed by atoms with van der Waals surface area (Å²) < 4.78 is 4.84. The third-order valence-electron chi connectivity index (χ3n) is 2.63. The van der Waals surface area contributed by atoms with E-state index < -0.39 is 0 Å². The average Bonchev–Trinajstić information content (AvgIpc) is 2.50. The van der Waals surface area contributed by atoms with Gasteiger partial charge in [0.1, 0.15) is 6.61 Å². The van der Waals surface area contributed by atoms with Crippen molar-refractivity contribution in [2.24, 2.45) is 5.92 Å². The van der Waals surface area contributed by atoms with Gasteiger partial charge in [0, 0.05) is 0 Å². The summed E-state index contributed by atoms with van der Waals surface area (Å²) >= 11 is 0. The molecule has 13 heavy (non-hydrogen) atoms. The van der Waals surface area contributed by atoms with E-state index in [-0.39, 0.29) is 12.1 Å². The molecule has 3 nitrogen and oxygen atoms in total. The highest BCUT2D eigenvalue weighted by molar-refractivity contribution is 5.69. The van der Waals surface area contributed by atoms with Crippen LogP contribution in [0.5, 0.6) is 0 Å². The number of rotatable bonds is 5. The first-order chi connectivity index (χ1) is 6.26. The predicted octanol–water partition coefficient (Wildman–Crippen LogP) is 2.31. The highest BCUT2D eigenvalue weighted by atomic mass is 16.6. The van der Waals surface area contributed by atoms with Crippen LogP contribution in [0.4, 0.5) is 4.79 Å². The summed E-state index contributed by atoms with van der Waals surface area (Å²) in [6.45, 7) is 4.96. The molecule has 1 aliphatic heterocycles. The van der Waals surface area contributed by atoms with Crippen LogP contribution in [0.1, 0.15) is 39.5 Å². The number of nitrogens with one attached hydrogen (secondary N) is 1. The molecule has 0 aromatic rings. The average molecular weight is 185 g/mol. The Bertz CT molecular complexity index is 170. The van der Waals surface area contributed by atoms with Crippen LogP contribution in [0.15, 0.2) is 0 Å². The van der Waals surface area contributed by atoms with Crippen molar-refractivity contribution in [3.63, 3.8) is 0 Å². The van der Waals surface area contributed by atoms with Crippen LogP contribution < -0.4 is 5.32 Å². The van der Waals surface area contributed by atoms with Crippen molar-refractivity contribution in [1.82, 2.24) is 5.32 Å². The van der Waals surface area contributed by atoms with E-state index in [0.717, 1.165) is 12.3 Å². The Kier molecular flexibility index (Phi) is 4.06. The van der Waals surface area contributed by atoms with Crippen LogP contribution in [0.3, 0.4) is 0 Å². The molecule has 1 saturated heterocycles. The zero-order valence-corrected chi connectivity index (χ0v) is 8.51. The lowest BCUT2D eigenvalue weighted by atomic mass is 9.93. The van der Waals surface area contributed by atoms with Crippen LogP contribution in [0.2, 0.25) is 0 Å². The molecule has 0 aromatic heterocycles. The molecule has 0 bridgehead atoms. The van der Waals surface area contributed by atoms with Gasteiger partial charge in [0.05, 0.1) is 6.04 Å². The SMILES string of the molecule is CCCC(CC)CC1COC(=O)N1. The van der Waals surface area contributed by atoms with Gasteiger partial charge in [0.25, 0.3) is 0 Å². The number of alkyl carbamates (subject to hydrolysis) is 1. The molecule has 0 aromatic carbocycles. The Hall–Kier alpha value is -0.730. The fourth-order valence-electron chi connectivity index (χ4n) is 1.85. The van der Waals surface area contributed by atoms with Gasteiger partial charge >= 0.3 is 6.09 Å². The van der Waals surface area contributed by atoms with E-state index >= 15 is 0 Å². The van der Waals surface area contributed by atoms with Gasteiger partial charge in [0.15, 0.2) is 0 Å². The molecule has 1 amide bonds. The number of carbonyl (C=O) groups excluding carboxylic acids is 1. The highest BCUT2D eigenvalue weighted by Gasteiger charge is 2.24. The van der Waals surface area contributed by atoms with Gasteiger partial charge in [-0.05, 0) is 12.3 Å². The van der Waals surface area contributed by atoms with Gasteiger partial charge in [-0.25, -0.2) is 4.79 Å². The van der Waals surface area contributed by atoms with E-state index in [0.29, 0.717) is 6.61 Å². The quantitative estimate of drug-likeness (QED) is 0.713. The lowest BCUT2D eigenvalue weighted by Crippen LogP contribution is -2.28. The van der Waals surface area contributed by atoms with E-state index in [1.54, 1.807) is 0 Å². The molecule has 1 heterocycles. The monoisotopic (exact) mass is 185 g/mol. The van der Waals surface area contributed by atoms with Crippen molar-refractivity contribution in [2.75, 3.05) is 6.61 Å². The molecular formula is C10H19NO2. The van der Waals surface area contributed by atoms with Crippen molar-refractivity contribution in [3.8, 4) is 0 Å². The van der Waals surface area contributed by atoms with Crippen molar-refractivity contribution in [2.45, 2.75) is 45.6 Å². The molecular weight excluding hydrogens is 166 g/mol. The summed E-state index contributed by atoms with van der Waals surface area (Å²) in [5.41, 5.74) is 0. The molecule has 1 N–H and O–H groups in total. The summed E-state index contributed by atoms with van der Waals surface area (Å²) in [6.07, 6.45) is 4.48. The molecule has 76 valence electrons. The van der Waals surface area contributed by atoms with Gasteiger partial charge in [0.2, 0.25) is 0 Å². The second-order valence-electron chi connectivity index (χ2n) is 3.74. The summed E-state index contributed by atoms with van der Waals surface area (Å²) in [4.78, 5) is 10.7. The lowest BCUT2D eigenvalue weighted by molar-refractivity contribution is 0.176. The number of ether oxygens (including phenoxy) is 1. The molecule has 1 fully saturated rings. The summed E-state index contributed by atoms with van der Waals surface area (Å²) in [6, 6.07) is 0.254. The summed E-state index contributed by atoms with van der Waals surface area (Å²) in [7, 11) is 0. The lowest BCUT2D eigenvalue weighted by Gasteiger charge is -2.16. The smallest absolute Gasteiger partial charge is 0.407 e. The maximum atomic E-state index is 10.7. The minimum atomic E-state index is -0.253. The third kappa shape index (κ3) is 3.25. The molecule has 2 atom stereocenters. The molecule has 0 saturated carbocycles. The fraction of sp³-hybridized carbons (Fsp3) is 0.900. The number of amides is 1. The standard InChI is InChI=1S/C10H19NO2/c1-3-5-8(4-2)6-9-7-13-10(12)11-9/h8-9H,3-7H2,1-2H3,(H,11,12). The van der Waals surface area contributed by atoms with Crippen LogP contribution in [-0.2, 0) is 4.74 Å². The Morgan fingerprint density at radius 2 is 2.38 bits per heavy atom. The van der Waals surface area contributed by atoms with Crippen molar-refractivity contribution in [1.29, 1.82) is 0 Å². The van der Waals surface area contributed by atoms with E-state index in [2.05, 4.69) is 19.2 Å². The highest BCUT2D eigenvalue weighted by Crippen LogP contribution is 2.18. The Labute approximate surface area is 79.8 Å². The number of hydrogen-bond acceptors (Lipinski definition) is 2. The van der Waals surface area contributed by atoms with Crippen molar-refractivity contribution in [3.05, 3.63) is 0 Å². The first-order valence-corrected chi connectivity index (χ1v) is 5.19. The maximum Gasteiger partial charge on any atom is 0.407 e. The van der Waals surface area contributed by atoms with E-state index in [1.807, 2.05) is 0 Å². The zero-order valence-electron chi connectivity index (χ0n) is 8.51.